The number of carboxylic acid groups (broad SMARTS) is 2. The highest BCUT2D eigenvalue weighted by atomic mass is 16.4. The number of carbonyl (C=O) groups is 3. The van der Waals surface area contributed by atoms with E-state index in [9.17, 15) is 19.5 Å². The smallest absolute Gasteiger partial charge is 0.329 e. The van der Waals surface area contributed by atoms with Crippen molar-refractivity contribution in [2.24, 2.45) is 10.4 Å². The first-order chi connectivity index (χ1) is 9.12. The van der Waals surface area contributed by atoms with Crippen molar-refractivity contribution in [2.75, 3.05) is 0 Å². The molecule has 0 fully saturated rings. The topological polar surface area (TPSA) is 124 Å². The first-order valence-corrected chi connectivity index (χ1v) is 6.05. The Balaban J connectivity index is 2.95. The minimum atomic E-state index is -1.48. The van der Waals surface area contributed by atoms with Gasteiger partial charge in [0.1, 0.15) is 5.76 Å². The maximum absolute atomic E-state index is 11.9. The lowest BCUT2D eigenvalue weighted by atomic mass is 9.77. The zero-order valence-corrected chi connectivity index (χ0v) is 11.3. The Hall–Kier alpha value is -2.18. The van der Waals surface area contributed by atoms with Gasteiger partial charge in [0, 0.05) is 19.1 Å². The van der Waals surface area contributed by atoms with E-state index >= 15 is 0 Å². The molecule has 110 valence electrons. The van der Waals surface area contributed by atoms with Gasteiger partial charge in [-0.25, -0.2) is 4.79 Å². The van der Waals surface area contributed by atoms with Crippen LogP contribution in [-0.4, -0.2) is 45.3 Å². The second kappa shape index (κ2) is 5.85. The van der Waals surface area contributed by atoms with Gasteiger partial charge in [-0.15, -0.1) is 0 Å². The molecule has 0 spiro atoms. The number of Topliss-reactive ketones (excluding diaryl/α,β-unsaturated/α-hetero) is 1. The average Bonchev–Trinajstić information content (AvgIpc) is 2.23. The summed E-state index contributed by atoms with van der Waals surface area (Å²) in [5.74, 6) is -3.17. The van der Waals surface area contributed by atoms with Crippen molar-refractivity contribution >= 4 is 23.9 Å². The summed E-state index contributed by atoms with van der Waals surface area (Å²) >= 11 is 0. The molecular weight excluding hydrogens is 266 g/mol. The molecule has 1 atom stereocenters. The third-order valence-electron chi connectivity index (χ3n) is 2.93. The van der Waals surface area contributed by atoms with E-state index in [0.29, 0.717) is 0 Å². The highest BCUT2D eigenvalue weighted by Crippen LogP contribution is 2.35. The van der Waals surface area contributed by atoms with E-state index in [4.69, 9.17) is 10.2 Å². The van der Waals surface area contributed by atoms with E-state index in [2.05, 4.69) is 4.99 Å². The molecule has 1 aliphatic carbocycles. The monoisotopic (exact) mass is 283 g/mol. The fourth-order valence-electron chi connectivity index (χ4n) is 1.98. The van der Waals surface area contributed by atoms with Crippen molar-refractivity contribution in [2.45, 2.75) is 39.2 Å². The van der Waals surface area contributed by atoms with Crippen LogP contribution in [0.2, 0.25) is 0 Å². The Kier molecular flexibility index (Phi) is 4.65. The van der Waals surface area contributed by atoms with Crippen LogP contribution >= 0.6 is 0 Å². The summed E-state index contributed by atoms with van der Waals surface area (Å²) in [6.07, 6.45) is 0.792. The summed E-state index contributed by atoms with van der Waals surface area (Å²) < 4.78 is 0. The van der Waals surface area contributed by atoms with Crippen LogP contribution in [0.25, 0.3) is 0 Å². The lowest BCUT2D eigenvalue weighted by Gasteiger charge is -2.28. The summed E-state index contributed by atoms with van der Waals surface area (Å²) in [6, 6.07) is -1.48. The van der Waals surface area contributed by atoms with Crippen molar-refractivity contribution in [1.29, 1.82) is 0 Å². The molecular formula is C13H17NO6. The van der Waals surface area contributed by atoms with Crippen LogP contribution in [0.4, 0.5) is 0 Å². The van der Waals surface area contributed by atoms with E-state index in [1.54, 1.807) is 0 Å². The van der Waals surface area contributed by atoms with Gasteiger partial charge in [0.2, 0.25) is 0 Å². The lowest BCUT2D eigenvalue weighted by Crippen LogP contribution is -2.27. The Bertz CT molecular complexity index is 503. The van der Waals surface area contributed by atoms with Crippen LogP contribution in [0.3, 0.4) is 0 Å². The molecule has 0 unspecified atom stereocenters. The average molecular weight is 283 g/mol. The van der Waals surface area contributed by atoms with E-state index in [-0.39, 0.29) is 35.4 Å². The summed E-state index contributed by atoms with van der Waals surface area (Å²) in [5.41, 5.74) is -0.396. The maximum atomic E-state index is 11.9. The summed E-state index contributed by atoms with van der Waals surface area (Å²) in [7, 11) is 0. The normalized spacial score (nSPS) is 20.2. The fourth-order valence-corrected chi connectivity index (χ4v) is 1.98. The van der Waals surface area contributed by atoms with Gasteiger partial charge in [-0.05, 0) is 5.41 Å². The van der Waals surface area contributed by atoms with Crippen LogP contribution in [0.5, 0.6) is 0 Å². The molecule has 1 aliphatic rings. The molecule has 3 N–H and O–H groups in total. The highest BCUT2D eigenvalue weighted by molar-refractivity contribution is 6.14. The summed E-state index contributed by atoms with van der Waals surface area (Å²) in [5, 5.41) is 27.2. The number of allylic oxidation sites excluding steroid dienone is 2. The standard InChI is InChI=1S/C13H17NO6/c1-13(2)4-9(15)7(10(16)5-13)6-14-8(12(19)20)3-11(17)18/h6,8,15H,3-5H2,1-2H3,(H,17,18)(H,19,20)/t8-/m0/s1. The number of carboxylic acids is 2. The molecule has 0 heterocycles. The number of carbonyl (C=O) groups excluding carboxylic acids is 1. The molecule has 20 heavy (non-hydrogen) atoms. The lowest BCUT2D eigenvalue weighted by molar-refractivity contribution is -0.144. The number of rotatable bonds is 5. The summed E-state index contributed by atoms with van der Waals surface area (Å²) in [6.45, 7) is 3.67. The van der Waals surface area contributed by atoms with Crippen LogP contribution in [0.15, 0.2) is 16.3 Å². The minimum absolute atomic E-state index is 0.0408. The molecule has 0 aliphatic heterocycles. The van der Waals surface area contributed by atoms with Crippen molar-refractivity contribution in [3.05, 3.63) is 11.3 Å². The number of nitrogens with zero attached hydrogens (tertiary/aromatic N) is 1. The van der Waals surface area contributed by atoms with Crippen molar-refractivity contribution in [1.82, 2.24) is 0 Å². The summed E-state index contributed by atoms with van der Waals surface area (Å²) in [4.78, 5) is 36.8. The minimum Gasteiger partial charge on any atom is -0.511 e. The first kappa shape index (κ1) is 15.9. The number of aliphatic hydroxyl groups excluding tert-OH is 1. The molecule has 0 radical (unpaired) electrons. The van der Waals surface area contributed by atoms with E-state index in [1.165, 1.54) is 0 Å². The maximum Gasteiger partial charge on any atom is 0.329 e. The van der Waals surface area contributed by atoms with E-state index < -0.39 is 24.4 Å². The molecule has 0 aromatic carbocycles. The van der Waals surface area contributed by atoms with Gasteiger partial charge in [-0.1, -0.05) is 13.8 Å². The van der Waals surface area contributed by atoms with Crippen LogP contribution in [0.1, 0.15) is 33.1 Å². The predicted octanol–water partition coefficient (Wildman–Crippen LogP) is 1.19. The van der Waals surface area contributed by atoms with Gasteiger partial charge in [0.15, 0.2) is 11.8 Å². The Morgan fingerprint density at radius 1 is 1.35 bits per heavy atom. The molecule has 0 aromatic rings. The van der Waals surface area contributed by atoms with Gasteiger partial charge in [0.05, 0.1) is 12.0 Å². The number of ketones is 1. The highest BCUT2D eigenvalue weighted by Gasteiger charge is 2.32. The Morgan fingerprint density at radius 3 is 2.40 bits per heavy atom. The number of aliphatic carboxylic acids is 2. The molecule has 7 nitrogen and oxygen atoms in total. The largest absolute Gasteiger partial charge is 0.511 e. The van der Waals surface area contributed by atoms with Gasteiger partial charge in [-0.2, -0.15) is 0 Å². The van der Waals surface area contributed by atoms with Crippen molar-refractivity contribution in [3.8, 4) is 0 Å². The molecule has 0 saturated heterocycles. The molecule has 1 rings (SSSR count). The molecule has 0 saturated carbocycles. The second-order valence-corrected chi connectivity index (χ2v) is 5.53. The zero-order chi connectivity index (χ0) is 15.5. The quantitative estimate of drug-likeness (QED) is 0.651. The van der Waals surface area contributed by atoms with Gasteiger partial charge >= 0.3 is 11.9 Å². The second-order valence-electron chi connectivity index (χ2n) is 5.53. The Labute approximate surface area is 115 Å². The third kappa shape index (κ3) is 4.18. The molecule has 0 aromatic heterocycles. The Morgan fingerprint density at radius 2 is 1.95 bits per heavy atom. The predicted molar refractivity (Wildman–Crippen MR) is 69.8 cm³/mol. The first-order valence-electron chi connectivity index (χ1n) is 6.05. The van der Waals surface area contributed by atoms with Crippen LogP contribution in [-0.2, 0) is 14.4 Å². The number of hydrogen-bond donors (Lipinski definition) is 3. The van der Waals surface area contributed by atoms with Gasteiger partial charge in [0.25, 0.3) is 0 Å². The zero-order valence-electron chi connectivity index (χ0n) is 11.3. The van der Waals surface area contributed by atoms with Crippen molar-refractivity contribution in [3.63, 3.8) is 0 Å². The van der Waals surface area contributed by atoms with E-state index in [0.717, 1.165) is 6.21 Å². The number of aliphatic hydroxyl groups is 1. The molecule has 0 amide bonds. The third-order valence-corrected chi connectivity index (χ3v) is 2.93. The van der Waals surface area contributed by atoms with Gasteiger partial charge in [-0.3, -0.25) is 14.6 Å². The molecule has 7 heteroatoms. The SMILES string of the molecule is CC1(C)CC(=O)C(C=N[C@@H](CC(=O)O)C(=O)O)=C(O)C1. The van der Waals surface area contributed by atoms with Crippen LogP contribution < -0.4 is 0 Å². The number of hydrogen-bond acceptors (Lipinski definition) is 5. The fraction of sp³-hybridized carbons (Fsp3) is 0.538. The number of aliphatic imine (C=N–C) groups is 1. The van der Waals surface area contributed by atoms with Crippen molar-refractivity contribution < 1.29 is 29.7 Å². The van der Waals surface area contributed by atoms with E-state index in [1.807, 2.05) is 13.8 Å². The molecule has 0 bridgehead atoms. The van der Waals surface area contributed by atoms with Crippen LogP contribution in [0, 0.1) is 5.41 Å². The van der Waals surface area contributed by atoms with Gasteiger partial charge < -0.3 is 15.3 Å².